The van der Waals surface area contributed by atoms with Crippen LogP contribution in [-0.2, 0) is 36.4 Å². The van der Waals surface area contributed by atoms with Gasteiger partial charge in [-0.3, -0.25) is 9.59 Å². The molecule has 0 saturated heterocycles. The quantitative estimate of drug-likeness (QED) is 0.226. The first-order chi connectivity index (χ1) is 9.97. The van der Waals surface area contributed by atoms with Crippen molar-refractivity contribution in [3.63, 3.8) is 0 Å². The van der Waals surface area contributed by atoms with Crippen molar-refractivity contribution in [2.45, 2.75) is 45.4 Å². The van der Waals surface area contributed by atoms with E-state index >= 15 is 0 Å². The van der Waals surface area contributed by atoms with Gasteiger partial charge in [0.2, 0.25) is 0 Å². The predicted molar refractivity (Wildman–Crippen MR) is 92.9 cm³/mol. The van der Waals surface area contributed by atoms with Crippen molar-refractivity contribution in [2.24, 2.45) is 0 Å². The van der Waals surface area contributed by atoms with E-state index in [2.05, 4.69) is 36.9 Å². The van der Waals surface area contributed by atoms with Gasteiger partial charge in [0.05, 0.1) is 0 Å². The van der Waals surface area contributed by atoms with Crippen LogP contribution in [0.3, 0.4) is 0 Å². The van der Waals surface area contributed by atoms with Crippen LogP contribution in [-0.4, -0.2) is 64.6 Å². The normalized spacial score (nSPS) is 8.95. The number of carbonyl (C=O) groups excluding carboxylic acids is 2. The maximum atomic E-state index is 9.56. The molecule has 1 N–H and O–H groups in total. The van der Waals surface area contributed by atoms with Gasteiger partial charge in [-0.25, -0.2) is 0 Å². The minimum atomic E-state index is -1.08. The molecule has 0 heterocycles. The Bertz CT molecular complexity index is 429. The van der Waals surface area contributed by atoms with E-state index in [0.29, 0.717) is 5.75 Å². The fraction of sp³-hybridized carbons (Fsp3) is 0.467. The summed E-state index contributed by atoms with van der Waals surface area (Å²) in [4.78, 5) is 19.1. The van der Waals surface area contributed by atoms with E-state index in [9.17, 15) is 14.7 Å². The van der Waals surface area contributed by atoms with E-state index in [0.717, 1.165) is 12.0 Å². The predicted octanol–water partition coefficient (Wildman–Crippen LogP) is 3.86. The zero-order chi connectivity index (χ0) is 16.1. The van der Waals surface area contributed by atoms with Gasteiger partial charge >= 0.3 is 48.9 Å². The van der Waals surface area contributed by atoms with Crippen molar-refractivity contribution in [3.8, 4) is 5.75 Å². The van der Waals surface area contributed by atoms with Crippen molar-refractivity contribution in [1.29, 1.82) is 0 Å². The summed E-state index contributed by atoms with van der Waals surface area (Å²) < 4.78 is 3.60. The van der Waals surface area contributed by atoms with E-state index in [1.54, 1.807) is 6.07 Å². The Morgan fingerprint density at radius 3 is 2.05 bits per heavy atom. The van der Waals surface area contributed by atoms with Gasteiger partial charge in [-0.2, -0.15) is 0 Å². The Morgan fingerprint density at radius 1 is 1.05 bits per heavy atom. The fourth-order valence-electron chi connectivity index (χ4n) is 1.71. The van der Waals surface area contributed by atoms with Gasteiger partial charge in [0.25, 0.3) is 0 Å². The van der Waals surface area contributed by atoms with Crippen LogP contribution in [0.1, 0.15) is 44.6 Å². The number of aryl methyl sites for hydroxylation is 1. The second-order valence-electron chi connectivity index (χ2n) is 4.39. The molecule has 0 bridgehead atoms. The van der Waals surface area contributed by atoms with Crippen LogP contribution >= 0.6 is 0 Å². The summed E-state index contributed by atoms with van der Waals surface area (Å²) in [5.41, 5.74) is 1.09. The Kier molecular flexibility index (Phi) is 17.8. The third-order valence-corrected chi connectivity index (χ3v) is 2.87. The third-order valence-electron chi connectivity index (χ3n) is 2.71. The first-order valence-corrected chi connectivity index (χ1v) is 7.65. The molecule has 0 unspecified atom stereocenters. The summed E-state index contributed by atoms with van der Waals surface area (Å²) in [7, 11) is 0. The molecule has 0 aliphatic carbocycles. The maximum Gasteiger partial charge on any atom is 2.00 e. The largest absolute Gasteiger partial charge is 2.00 e. The molecule has 1 aromatic rings. The number of phenolic OH excluding ortho intramolecular Hbond substituents is 1. The smallest absolute Gasteiger partial charge is 0.697 e. The molecule has 0 spiro atoms. The van der Waals surface area contributed by atoms with Crippen LogP contribution in [0.5, 0.6) is 5.75 Å². The van der Waals surface area contributed by atoms with Crippen molar-refractivity contribution >= 4 is 84.7 Å². The number of hydrogen-bond donors (Lipinski definition) is 1. The molecule has 0 aromatic heterocycles. The first kappa shape index (κ1) is 24.4. The number of carbonyl (C=O) groups is 2. The Morgan fingerprint density at radius 2 is 1.59 bits per heavy atom. The standard InChI is InChI=1S/C13H20O.C2H2O3S2.Ba/c1-2-3-4-5-6-9-12-10-7-8-11-13(12)14;3-1(6)5-2(4)7;/h7-8,10-11,14H,2-6,9H2,1H3;(H,3,6)(H,4,7);/q;;+2/p-2. The molecule has 0 radical (unpaired) electrons. The molecule has 0 amide bonds. The molecule has 0 aliphatic heterocycles. The van der Waals surface area contributed by atoms with Gasteiger partial charge in [0, 0.05) is 0 Å². The minimum Gasteiger partial charge on any atom is -0.697 e. The van der Waals surface area contributed by atoms with E-state index in [1.165, 1.54) is 32.1 Å². The molecule has 0 atom stereocenters. The number of phenols is 1. The van der Waals surface area contributed by atoms with Crippen LogP contribution < -0.4 is 0 Å². The zero-order valence-electron chi connectivity index (χ0n) is 12.7. The Hall–Kier alpha value is 0.171. The van der Waals surface area contributed by atoms with Crippen molar-refractivity contribution in [1.82, 2.24) is 0 Å². The topological polar surface area (TPSA) is 63.6 Å². The molecular formula is C15H20BaO4S2. The van der Waals surface area contributed by atoms with Crippen LogP contribution in [0.25, 0.3) is 0 Å². The molecule has 0 saturated carbocycles. The monoisotopic (exact) mass is 466 g/mol. The van der Waals surface area contributed by atoms with Gasteiger partial charge in [0.15, 0.2) is 10.6 Å². The fourth-order valence-corrected chi connectivity index (χ4v) is 1.91. The molecule has 118 valence electrons. The van der Waals surface area contributed by atoms with Crippen molar-refractivity contribution in [3.05, 3.63) is 29.8 Å². The molecule has 1 rings (SSSR count). The van der Waals surface area contributed by atoms with E-state index in [-0.39, 0.29) is 48.9 Å². The Balaban J connectivity index is 0. The summed E-state index contributed by atoms with van der Waals surface area (Å²) in [6, 6.07) is 7.63. The first-order valence-electron chi connectivity index (χ1n) is 6.84. The van der Waals surface area contributed by atoms with Gasteiger partial charge in [0.1, 0.15) is 5.75 Å². The number of aromatic hydroxyl groups is 1. The second kappa shape index (κ2) is 16.0. The van der Waals surface area contributed by atoms with Crippen molar-refractivity contribution in [2.75, 3.05) is 0 Å². The summed E-state index contributed by atoms with van der Waals surface area (Å²) in [6.45, 7) is 2.23. The number of hydrogen-bond acceptors (Lipinski definition) is 6. The SMILES string of the molecule is CCCCCCCc1ccccc1O.O=C([S-])OC(=O)[S-].[Ba+2]. The van der Waals surface area contributed by atoms with Gasteiger partial charge in [-0.05, 0) is 24.5 Å². The molecule has 0 fully saturated rings. The molecule has 4 nitrogen and oxygen atoms in total. The maximum absolute atomic E-state index is 9.56. The molecule has 1 aromatic carbocycles. The van der Waals surface area contributed by atoms with E-state index in [4.69, 9.17) is 0 Å². The van der Waals surface area contributed by atoms with E-state index < -0.39 is 10.6 Å². The van der Waals surface area contributed by atoms with Crippen LogP contribution in [0.15, 0.2) is 24.3 Å². The number of benzene rings is 1. The number of para-hydroxylation sites is 1. The summed E-state index contributed by atoms with van der Waals surface area (Å²) in [5.74, 6) is 0.447. The average molecular weight is 466 g/mol. The summed E-state index contributed by atoms with van der Waals surface area (Å²) >= 11 is 7.61. The van der Waals surface area contributed by atoms with Crippen LogP contribution in [0, 0.1) is 0 Å². The van der Waals surface area contributed by atoms with Gasteiger partial charge in [-0.15, -0.1) is 0 Å². The number of unbranched alkanes of at least 4 members (excludes halogenated alkanes) is 4. The van der Waals surface area contributed by atoms with Crippen molar-refractivity contribution < 1.29 is 19.4 Å². The second-order valence-corrected chi connectivity index (χ2v) is 5.06. The third kappa shape index (κ3) is 15.1. The molecule has 7 heteroatoms. The number of rotatable bonds is 6. The molecule has 22 heavy (non-hydrogen) atoms. The summed E-state index contributed by atoms with van der Waals surface area (Å²) in [5, 5.41) is 7.35. The van der Waals surface area contributed by atoms with Crippen LogP contribution in [0.2, 0.25) is 0 Å². The van der Waals surface area contributed by atoms with Gasteiger partial charge in [-0.1, -0.05) is 50.8 Å². The number of ether oxygens (including phenoxy) is 1. The summed E-state index contributed by atoms with van der Waals surface area (Å²) in [6.07, 6.45) is 7.43. The van der Waals surface area contributed by atoms with Gasteiger partial charge < -0.3 is 35.1 Å². The van der Waals surface area contributed by atoms with Crippen LogP contribution in [0.4, 0.5) is 9.59 Å². The minimum absolute atomic E-state index is 0. The average Bonchev–Trinajstić information content (AvgIpc) is 2.39. The zero-order valence-corrected chi connectivity index (χ0v) is 18.8. The molecular weight excluding hydrogens is 446 g/mol. The van der Waals surface area contributed by atoms with E-state index in [1.807, 2.05) is 18.2 Å². The Labute approximate surface area is 183 Å². The molecule has 0 aliphatic rings.